The Kier molecular flexibility index (Phi) is 4.41. The van der Waals surface area contributed by atoms with Crippen LogP contribution in [0.1, 0.15) is 0 Å². The molecular formula is C4H11AlN7O2P. The van der Waals surface area contributed by atoms with Crippen LogP contribution in [0.5, 0.6) is 0 Å². The molecule has 1 heterocycles. The van der Waals surface area contributed by atoms with Crippen molar-refractivity contribution in [1.82, 2.24) is 19.3 Å². The maximum absolute atomic E-state index is 12.2. The van der Waals surface area contributed by atoms with E-state index in [0.29, 0.717) is 0 Å². The maximum atomic E-state index is 12.2. The Balaban J connectivity index is 2.95. The quantitative estimate of drug-likeness (QED) is 0.153. The lowest BCUT2D eigenvalue weighted by atomic mass is 11.1. The molecule has 1 aromatic rings. The summed E-state index contributed by atoms with van der Waals surface area (Å²) in [6, 6.07) is 0. The summed E-state index contributed by atoms with van der Waals surface area (Å²) >= 11 is 0.233. The van der Waals surface area contributed by atoms with E-state index in [1.165, 1.54) is 12.7 Å². The highest BCUT2D eigenvalue weighted by Crippen LogP contribution is 2.46. The van der Waals surface area contributed by atoms with E-state index in [1.807, 2.05) is 0 Å². The summed E-state index contributed by atoms with van der Waals surface area (Å²) in [5.74, 6) is 5.51. The molecule has 0 radical (unpaired) electrons. The molecule has 0 bridgehead atoms. The average molecular weight is 247 g/mol. The minimum absolute atomic E-state index is 0.0478. The van der Waals surface area contributed by atoms with Gasteiger partial charge in [0, 0.05) is 0 Å². The smallest absolute Gasteiger partial charge is 0.425 e. The number of hydrogen-bond acceptors (Lipinski definition) is 7. The van der Waals surface area contributed by atoms with Crippen molar-refractivity contribution in [3.63, 3.8) is 0 Å². The molecule has 0 saturated heterocycles. The monoisotopic (exact) mass is 247 g/mol. The van der Waals surface area contributed by atoms with Gasteiger partial charge in [0.05, 0.1) is 6.67 Å². The van der Waals surface area contributed by atoms with Crippen LogP contribution in [0.2, 0.25) is 0 Å². The Hall–Kier alpha value is -0.748. The van der Waals surface area contributed by atoms with Crippen LogP contribution >= 0.6 is 7.67 Å². The van der Waals surface area contributed by atoms with E-state index in [-0.39, 0.29) is 23.3 Å². The van der Waals surface area contributed by atoms with Gasteiger partial charge in [-0.2, -0.15) is 9.55 Å². The fraction of sp³-hybridized carbons (Fsp3) is 0.250. The molecule has 4 N–H and O–H groups in total. The van der Waals surface area contributed by atoms with Crippen LogP contribution in [0.15, 0.2) is 17.6 Å². The Labute approximate surface area is 94.4 Å². The third-order valence-electron chi connectivity index (χ3n) is 1.50. The van der Waals surface area contributed by atoms with Gasteiger partial charge in [0.2, 0.25) is 0 Å². The normalized spacial score (nSPS) is 15.3. The molecule has 0 spiro atoms. The number of rotatable bonds is 5. The topological polar surface area (TPSA) is 125 Å². The van der Waals surface area contributed by atoms with Crippen molar-refractivity contribution in [3.05, 3.63) is 12.7 Å². The second kappa shape index (κ2) is 5.37. The molecule has 11 heteroatoms. The van der Waals surface area contributed by atoms with Crippen molar-refractivity contribution >= 4 is 30.6 Å². The average Bonchev–Trinajstić information content (AvgIpc) is 2.78. The first-order chi connectivity index (χ1) is 7.15. The SMILES string of the molecule is NCN=CN(N)P(=O)([O][AlH2])n1cncn1. The molecule has 0 amide bonds. The fourth-order valence-electron chi connectivity index (χ4n) is 0.812. The summed E-state index contributed by atoms with van der Waals surface area (Å²) in [7, 11) is -3.41. The second-order valence-corrected chi connectivity index (χ2v) is 5.66. The van der Waals surface area contributed by atoms with E-state index in [2.05, 4.69) is 15.1 Å². The summed E-state index contributed by atoms with van der Waals surface area (Å²) in [6.45, 7) is 0.0478. The van der Waals surface area contributed by atoms with Gasteiger partial charge in [0.1, 0.15) is 19.0 Å². The van der Waals surface area contributed by atoms with Crippen molar-refractivity contribution in [2.75, 3.05) is 6.67 Å². The molecule has 1 unspecified atom stereocenters. The molecule has 1 atom stereocenters. The molecule has 0 fully saturated rings. The molecule has 1 aromatic heterocycles. The van der Waals surface area contributed by atoms with Gasteiger partial charge >= 0.3 is 24.3 Å². The third kappa shape index (κ3) is 2.63. The standard InChI is InChI=1S/C4H10N7O2P.Al.2H/c5-1-7-3-10(6)14(12,13)11-4-8-2-9-11;;;/h2-4H,1,5-6H2,(H,12,13);;;/q;+1;;/p-1. The number of hydrazine groups is 1. The van der Waals surface area contributed by atoms with Crippen LogP contribution in [0.3, 0.4) is 0 Å². The Morgan fingerprint density at radius 2 is 2.53 bits per heavy atom. The van der Waals surface area contributed by atoms with Gasteiger partial charge in [0.25, 0.3) is 0 Å². The maximum Gasteiger partial charge on any atom is 0.425 e. The highest BCUT2D eigenvalue weighted by molar-refractivity contribution is 7.56. The lowest BCUT2D eigenvalue weighted by Crippen LogP contribution is -2.30. The molecule has 0 aliphatic carbocycles. The first-order valence-corrected chi connectivity index (χ1v) is 6.25. The van der Waals surface area contributed by atoms with E-state index in [9.17, 15) is 4.57 Å². The minimum atomic E-state index is -3.41. The zero-order chi connectivity index (χ0) is 11.3. The minimum Gasteiger partial charge on any atom is -0.430 e. The first-order valence-electron chi connectivity index (χ1n) is 3.91. The van der Waals surface area contributed by atoms with Gasteiger partial charge in [0.15, 0.2) is 0 Å². The lowest BCUT2D eigenvalue weighted by molar-refractivity contribution is 0.425. The number of hydrogen-bond donors (Lipinski definition) is 2. The van der Waals surface area contributed by atoms with Gasteiger partial charge < -0.3 is 9.31 Å². The molecule has 0 aromatic carbocycles. The van der Waals surface area contributed by atoms with Crippen LogP contribution in [0.4, 0.5) is 0 Å². The summed E-state index contributed by atoms with van der Waals surface area (Å²) in [5.41, 5.74) is 5.14. The number of nitrogens with two attached hydrogens (primary N) is 2. The van der Waals surface area contributed by atoms with Gasteiger partial charge in [-0.1, -0.05) is 0 Å². The molecule has 82 valence electrons. The number of aromatic nitrogens is 3. The predicted molar refractivity (Wildman–Crippen MR) is 56.2 cm³/mol. The van der Waals surface area contributed by atoms with Crippen molar-refractivity contribution in [3.8, 4) is 0 Å². The summed E-state index contributed by atoms with van der Waals surface area (Å²) in [6.07, 6.45) is 3.64. The second-order valence-electron chi connectivity index (χ2n) is 2.35. The largest absolute Gasteiger partial charge is 0.430 e. The Bertz CT molecular complexity index is 367. The van der Waals surface area contributed by atoms with Gasteiger partial charge in [-0.15, -0.1) is 0 Å². The zero-order valence-electron chi connectivity index (χ0n) is 8.09. The lowest BCUT2D eigenvalue weighted by Gasteiger charge is -2.23. The Morgan fingerprint density at radius 3 is 3.00 bits per heavy atom. The van der Waals surface area contributed by atoms with Crippen LogP contribution in [-0.2, 0) is 8.14 Å². The summed E-state index contributed by atoms with van der Waals surface area (Å²) < 4.78 is 19.1. The van der Waals surface area contributed by atoms with E-state index >= 15 is 0 Å². The third-order valence-corrected chi connectivity index (χ3v) is 4.81. The molecule has 9 nitrogen and oxygen atoms in total. The van der Waals surface area contributed by atoms with Crippen LogP contribution in [-0.4, -0.2) is 48.9 Å². The van der Waals surface area contributed by atoms with E-state index in [1.54, 1.807) is 0 Å². The molecule has 0 saturated carbocycles. The summed E-state index contributed by atoms with van der Waals surface area (Å²) in [5, 5.41) is 3.71. The van der Waals surface area contributed by atoms with Gasteiger partial charge in [-0.05, 0) is 0 Å². The first kappa shape index (κ1) is 12.3. The van der Waals surface area contributed by atoms with Crippen LogP contribution in [0.25, 0.3) is 0 Å². The van der Waals surface area contributed by atoms with Crippen molar-refractivity contribution in [2.45, 2.75) is 0 Å². The van der Waals surface area contributed by atoms with E-state index in [0.717, 1.165) is 15.6 Å². The summed E-state index contributed by atoms with van der Waals surface area (Å²) in [4.78, 5) is 7.31. The van der Waals surface area contributed by atoms with Crippen LogP contribution < -0.4 is 11.6 Å². The predicted octanol–water partition coefficient (Wildman–Crippen LogP) is -2.08. The van der Waals surface area contributed by atoms with Crippen LogP contribution in [0, 0.1) is 0 Å². The highest BCUT2D eigenvalue weighted by Gasteiger charge is 2.29. The highest BCUT2D eigenvalue weighted by atomic mass is 31.2. The molecule has 0 aliphatic rings. The van der Waals surface area contributed by atoms with Crippen molar-refractivity contribution in [1.29, 1.82) is 0 Å². The molecular weight excluding hydrogens is 236 g/mol. The molecule has 15 heavy (non-hydrogen) atoms. The molecule has 0 aliphatic heterocycles. The number of nitrogens with zero attached hydrogens (tertiary/aromatic N) is 5. The van der Waals surface area contributed by atoms with E-state index in [4.69, 9.17) is 15.2 Å². The van der Waals surface area contributed by atoms with Gasteiger partial charge in [-0.25, -0.2) is 20.2 Å². The number of aliphatic imine (C=N–C) groups is 1. The fourth-order valence-corrected chi connectivity index (χ4v) is 3.02. The molecule has 1 rings (SSSR count). The zero-order valence-corrected chi connectivity index (χ0v) is 11.0. The van der Waals surface area contributed by atoms with Crippen molar-refractivity contribution < 1.29 is 8.14 Å². The van der Waals surface area contributed by atoms with Crippen molar-refractivity contribution in [2.24, 2.45) is 16.6 Å². The Morgan fingerprint density at radius 1 is 1.80 bits per heavy atom. The van der Waals surface area contributed by atoms with E-state index < -0.39 is 7.67 Å². The van der Waals surface area contributed by atoms with Gasteiger partial charge in [-0.3, -0.25) is 4.99 Å².